The van der Waals surface area contributed by atoms with E-state index in [-0.39, 0.29) is 0 Å². The molecule has 4 aromatic heterocycles. The fourth-order valence-electron chi connectivity index (χ4n) is 7.59. The van der Waals surface area contributed by atoms with Crippen molar-refractivity contribution >= 4 is 86.3 Å². The highest BCUT2D eigenvalue weighted by molar-refractivity contribution is 7.25. The highest BCUT2D eigenvalue weighted by Crippen LogP contribution is 2.43. The third kappa shape index (κ3) is 3.56. The Labute approximate surface area is 278 Å². The number of rotatable bonds is 3. The van der Waals surface area contributed by atoms with Gasteiger partial charge in [0.2, 0.25) is 0 Å². The minimum Gasteiger partial charge on any atom is -0.454 e. The molecule has 7 aromatic carbocycles. The Kier molecular flexibility index (Phi) is 5.23. The molecule has 0 saturated carbocycles. The van der Waals surface area contributed by atoms with Crippen LogP contribution in [0.1, 0.15) is 0 Å². The van der Waals surface area contributed by atoms with Crippen LogP contribution in [0.2, 0.25) is 0 Å². The first-order valence-corrected chi connectivity index (χ1v) is 17.0. The number of fused-ring (bicyclic) bond motifs is 11. The Morgan fingerprint density at radius 2 is 1.21 bits per heavy atom. The summed E-state index contributed by atoms with van der Waals surface area (Å²) < 4.78 is 14.2. The van der Waals surface area contributed by atoms with E-state index in [9.17, 15) is 0 Å². The zero-order chi connectivity index (χ0) is 31.3. The summed E-state index contributed by atoms with van der Waals surface area (Å²) in [6.07, 6.45) is 0. The van der Waals surface area contributed by atoms with Crippen LogP contribution in [0.25, 0.3) is 97.7 Å². The molecule has 0 saturated heterocycles. The Balaban J connectivity index is 1.23. The SMILES string of the molecule is c1ccc(-c2nc3cc4oc5c(ccc6c7ccccc7n(-c7ccc8sc9ccccc9c8c7)c65)c4cc3n2-c2ccccc2)cc1. The van der Waals surface area contributed by atoms with E-state index in [1.165, 1.54) is 30.9 Å². The van der Waals surface area contributed by atoms with Gasteiger partial charge in [0, 0.05) is 64.7 Å². The minimum atomic E-state index is 0.832. The zero-order valence-electron chi connectivity index (χ0n) is 25.6. The number of thiophene rings is 1. The van der Waals surface area contributed by atoms with Gasteiger partial charge >= 0.3 is 0 Å². The third-order valence-electron chi connectivity index (χ3n) is 9.71. The zero-order valence-corrected chi connectivity index (χ0v) is 26.4. The number of benzene rings is 7. The van der Waals surface area contributed by atoms with Crippen molar-refractivity contribution in [3.05, 3.63) is 152 Å². The van der Waals surface area contributed by atoms with E-state index >= 15 is 0 Å². The lowest BCUT2D eigenvalue weighted by atomic mass is 10.1. The maximum absolute atomic E-state index is 6.90. The fourth-order valence-corrected chi connectivity index (χ4v) is 8.68. The molecule has 5 heteroatoms. The van der Waals surface area contributed by atoms with Gasteiger partial charge in [0.25, 0.3) is 0 Å². The number of aromatic nitrogens is 3. The van der Waals surface area contributed by atoms with Gasteiger partial charge in [-0.05, 0) is 54.6 Å². The first-order chi connectivity index (χ1) is 23.8. The van der Waals surface area contributed by atoms with Crippen LogP contribution in [0.3, 0.4) is 0 Å². The Bertz CT molecular complexity index is 3050. The molecule has 0 aliphatic heterocycles. The van der Waals surface area contributed by atoms with E-state index in [4.69, 9.17) is 9.40 Å². The van der Waals surface area contributed by atoms with Crippen LogP contribution in [-0.4, -0.2) is 14.1 Å². The molecule has 48 heavy (non-hydrogen) atoms. The Morgan fingerprint density at radius 3 is 2.08 bits per heavy atom. The van der Waals surface area contributed by atoms with Crippen LogP contribution < -0.4 is 0 Å². The third-order valence-corrected chi connectivity index (χ3v) is 10.9. The summed E-state index contributed by atoms with van der Waals surface area (Å²) in [4.78, 5) is 5.19. The standard InChI is InChI=1S/C43H25N3OS/c1-3-11-26(12-4-1)43-44-35-25-38-33(24-37(35)46(43)27-13-5-2-6-14-27)32-21-20-31-29-15-7-9-17-36(29)45(41(31)42(32)47-38)28-19-22-40-34(23-28)30-16-8-10-18-39(30)48-40/h1-25H. The second-order valence-electron chi connectivity index (χ2n) is 12.4. The van der Waals surface area contributed by atoms with Crippen LogP contribution in [-0.2, 0) is 0 Å². The number of furan rings is 1. The predicted molar refractivity (Wildman–Crippen MR) is 201 cm³/mol. The molecular formula is C43H25N3OS. The van der Waals surface area contributed by atoms with Crippen molar-refractivity contribution < 1.29 is 4.42 Å². The van der Waals surface area contributed by atoms with Gasteiger partial charge in [-0.15, -0.1) is 11.3 Å². The molecule has 11 aromatic rings. The molecule has 4 heterocycles. The highest BCUT2D eigenvalue weighted by Gasteiger charge is 2.22. The van der Waals surface area contributed by atoms with E-state index in [1.54, 1.807) is 0 Å². The summed E-state index contributed by atoms with van der Waals surface area (Å²) in [5.74, 6) is 0.910. The lowest BCUT2D eigenvalue weighted by molar-refractivity contribution is 0.671. The summed E-state index contributed by atoms with van der Waals surface area (Å²) in [5.41, 5.74) is 9.17. The molecule has 224 valence electrons. The van der Waals surface area contributed by atoms with Crippen molar-refractivity contribution in [3.63, 3.8) is 0 Å². The van der Waals surface area contributed by atoms with E-state index in [2.05, 4.69) is 155 Å². The molecule has 0 radical (unpaired) electrons. The van der Waals surface area contributed by atoms with E-state index < -0.39 is 0 Å². The van der Waals surface area contributed by atoms with Gasteiger partial charge in [-0.3, -0.25) is 4.57 Å². The van der Waals surface area contributed by atoms with Crippen LogP contribution in [0.15, 0.2) is 156 Å². The van der Waals surface area contributed by atoms with Gasteiger partial charge in [-0.2, -0.15) is 0 Å². The molecule has 0 amide bonds. The topological polar surface area (TPSA) is 35.9 Å². The van der Waals surface area contributed by atoms with Crippen molar-refractivity contribution in [1.82, 2.24) is 14.1 Å². The fraction of sp³-hybridized carbons (Fsp3) is 0. The molecule has 0 unspecified atom stereocenters. The number of hydrogen-bond donors (Lipinski definition) is 0. The molecule has 0 atom stereocenters. The molecule has 0 fully saturated rings. The number of para-hydroxylation sites is 2. The second kappa shape index (κ2) is 9.67. The number of hydrogen-bond acceptors (Lipinski definition) is 3. The number of imidazole rings is 1. The molecule has 0 aliphatic rings. The lowest BCUT2D eigenvalue weighted by Crippen LogP contribution is -1.97. The average Bonchev–Trinajstić information content (AvgIpc) is 3.89. The minimum absolute atomic E-state index is 0.832. The quantitative estimate of drug-likeness (QED) is 0.194. The van der Waals surface area contributed by atoms with Gasteiger partial charge in [0.15, 0.2) is 5.58 Å². The molecular weight excluding hydrogens is 607 g/mol. The van der Waals surface area contributed by atoms with Crippen LogP contribution in [0, 0.1) is 0 Å². The van der Waals surface area contributed by atoms with Gasteiger partial charge in [0.1, 0.15) is 11.4 Å². The molecule has 0 aliphatic carbocycles. The van der Waals surface area contributed by atoms with Crippen molar-refractivity contribution in [2.75, 3.05) is 0 Å². The summed E-state index contributed by atoms with van der Waals surface area (Å²) in [6, 6.07) is 53.9. The van der Waals surface area contributed by atoms with Crippen molar-refractivity contribution in [2.24, 2.45) is 0 Å². The molecule has 0 N–H and O–H groups in total. The van der Waals surface area contributed by atoms with E-state index in [0.29, 0.717) is 0 Å². The van der Waals surface area contributed by atoms with Crippen LogP contribution >= 0.6 is 11.3 Å². The summed E-state index contributed by atoms with van der Waals surface area (Å²) in [5, 5.41) is 7.12. The molecule has 11 rings (SSSR count). The molecule has 4 nitrogen and oxygen atoms in total. The monoisotopic (exact) mass is 631 g/mol. The Morgan fingerprint density at radius 1 is 0.479 bits per heavy atom. The highest BCUT2D eigenvalue weighted by atomic mass is 32.1. The first kappa shape index (κ1) is 26.0. The van der Waals surface area contributed by atoms with Gasteiger partial charge < -0.3 is 8.98 Å². The van der Waals surface area contributed by atoms with Gasteiger partial charge in [0.05, 0.1) is 22.1 Å². The molecule has 0 spiro atoms. The van der Waals surface area contributed by atoms with Crippen molar-refractivity contribution in [1.29, 1.82) is 0 Å². The maximum Gasteiger partial charge on any atom is 0.160 e. The van der Waals surface area contributed by atoms with Crippen LogP contribution in [0.4, 0.5) is 0 Å². The largest absolute Gasteiger partial charge is 0.454 e. The van der Waals surface area contributed by atoms with Crippen molar-refractivity contribution in [3.8, 4) is 22.8 Å². The first-order valence-electron chi connectivity index (χ1n) is 16.1. The van der Waals surface area contributed by atoms with Crippen molar-refractivity contribution in [2.45, 2.75) is 0 Å². The predicted octanol–water partition coefficient (Wildman–Crippen LogP) is 12.1. The van der Waals surface area contributed by atoms with Gasteiger partial charge in [-0.25, -0.2) is 4.98 Å². The molecule has 0 bridgehead atoms. The normalized spacial score (nSPS) is 12.2. The Hall–Kier alpha value is -6.17. The number of nitrogens with zero attached hydrogens (tertiary/aromatic N) is 3. The van der Waals surface area contributed by atoms with E-state index in [0.717, 1.165) is 66.8 Å². The maximum atomic E-state index is 6.90. The lowest BCUT2D eigenvalue weighted by Gasteiger charge is -2.09. The van der Waals surface area contributed by atoms with Crippen LogP contribution in [0.5, 0.6) is 0 Å². The van der Waals surface area contributed by atoms with Gasteiger partial charge in [-0.1, -0.05) is 91.0 Å². The second-order valence-corrected chi connectivity index (χ2v) is 13.5. The summed E-state index contributed by atoms with van der Waals surface area (Å²) >= 11 is 1.85. The van der Waals surface area contributed by atoms with E-state index in [1.807, 2.05) is 17.4 Å². The smallest absolute Gasteiger partial charge is 0.160 e. The summed E-state index contributed by atoms with van der Waals surface area (Å²) in [7, 11) is 0. The summed E-state index contributed by atoms with van der Waals surface area (Å²) in [6.45, 7) is 0. The average molecular weight is 632 g/mol.